The maximum Gasteiger partial charge on any atom is 0.258 e. The lowest BCUT2D eigenvalue weighted by molar-refractivity contribution is 0.102. The van der Waals surface area contributed by atoms with Crippen LogP contribution in [0.1, 0.15) is 10.4 Å². The Morgan fingerprint density at radius 2 is 1.86 bits per heavy atom. The SMILES string of the molecule is CN(CCO)c1ccc(NC(=O)c2ccccc2F)cc1. The van der Waals surface area contributed by atoms with Crippen LogP contribution < -0.4 is 10.2 Å². The minimum Gasteiger partial charge on any atom is -0.395 e. The third kappa shape index (κ3) is 3.79. The van der Waals surface area contributed by atoms with E-state index in [0.29, 0.717) is 12.2 Å². The van der Waals surface area contributed by atoms with E-state index in [9.17, 15) is 9.18 Å². The number of anilines is 2. The van der Waals surface area contributed by atoms with E-state index in [-0.39, 0.29) is 12.2 Å². The monoisotopic (exact) mass is 288 g/mol. The molecule has 5 heteroatoms. The lowest BCUT2D eigenvalue weighted by atomic mass is 10.2. The number of rotatable bonds is 5. The van der Waals surface area contributed by atoms with E-state index in [1.165, 1.54) is 18.2 Å². The van der Waals surface area contributed by atoms with Crippen molar-refractivity contribution in [3.63, 3.8) is 0 Å². The highest BCUT2D eigenvalue weighted by Gasteiger charge is 2.10. The van der Waals surface area contributed by atoms with Crippen LogP contribution in [0, 0.1) is 5.82 Å². The molecule has 0 aliphatic carbocycles. The zero-order valence-electron chi connectivity index (χ0n) is 11.7. The Morgan fingerprint density at radius 3 is 2.48 bits per heavy atom. The Bertz CT molecular complexity index is 614. The van der Waals surface area contributed by atoms with Crippen molar-refractivity contribution in [2.75, 3.05) is 30.4 Å². The lowest BCUT2D eigenvalue weighted by Crippen LogP contribution is -2.21. The molecule has 21 heavy (non-hydrogen) atoms. The number of hydrogen-bond donors (Lipinski definition) is 2. The summed E-state index contributed by atoms with van der Waals surface area (Å²) in [5.74, 6) is -1.03. The van der Waals surface area contributed by atoms with Crippen molar-refractivity contribution in [3.05, 3.63) is 59.9 Å². The molecule has 0 bridgehead atoms. The summed E-state index contributed by atoms with van der Waals surface area (Å²) in [6.07, 6.45) is 0. The molecular weight excluding hydrogens is 271 g/mol. The molecule has 4 nitrogen and oxygen atoms in total. The number of carbonyl (C=O) groups is 1. The number of hydrogen-bond acceptors (Lipinski definition) is 3. The molecule has 0 saturated carbocycles. The Morgan fingerprint density at radius 1 is 1.19 bits per heavy atom. The smallest absolute Gasteiger partial charge is 0.258 e. The fourth-order valence-electron chi connectivity index (χ4n) is 1.92. The topological polar surface area (TPSA) is 52.6 Å². The van der Waals surface area contributed by atoms with Crippen molar-refractivity contribution in [1.82, 2.24) is 0 Å². The maximum absolute atomic E-state index is 13.5. The number of likely N-dealkylation sites (N-methyl/N-ethyl adjacent to an activating group) is 1. The van der Waals surface area contributed by atoms with Crippen molar-refractivity contribution < 1.29 is 14.3 Å². The van der Waals surface area contributed by atoms with Gasteiger partial charge in [0.25, 0.3) is 5.91 Å². The van der Waals surface area contributed by atoms with Crippen molar-refractivity contribution in [3.8, 4) is 0 Å². The summed E-state index contributed by atoms with van der Waals surface area (Å²) in [7, 11) is 1.86. The fraction of sp³-hybridized carbons (Fsp3) is 0.188. The highest BCUT2D eigenvalue weighted by molar-refractivity contribution is 6.04. The molecule has 2 aromatic rings. The lowest BCUT2D eigenvalue weighted by Gasteiger charge is -2.18. The second-order valence-corrected chi connectivity index (χ2v) is 4.63. The van der Waals surface area contributed by atoms with E-state index in [2.05, 4.69) is 5.32 Å². The second-order valence-electron chi connectivity index (χ2n) is 4.63. The fourth-order valence-corrected chi connectivity index (χ4v) is 1.92. The molecule has 0 aliphatic heterocycles. The molecule has 110 valence electrons. The van der Waals surface area contributed by atoms with E-state index >= 15 is 0 Å². The number of carbonyl (C=O) groups excluding carboxylic acids is 1. The van der Waals surface area contributed by atoms with Gasteiger partial charge in [-0.25, -0.2) is 4.39 Å². The van der Waals surface area contributed by atoms with Crippen LogP contribution in [0.2, 0.25) is 0 Å². The first-order chi connectivity index (χ1) is 10.1. The van der Waals surface area contributed by atoms with Gasteiger partial charge in [0, 0.05) is 25.0 Å². The summed E-state index contributed by atoms with van der Waals surface area (Å²) in [5, 5.41) is 11.5. The van der Waals surface area contributed by atoms with Crippen molar-refractivity contribution >= 4 is 17.3 Å². The summed E-state index contributed by atoms with van der Waals surface area (Å²) >= 11 is 0. The number of halogens is 1. The van der Waals surface area contributed by atoms with Crippen LogP contribution in [0.15, 0.2) is 48.5 Å². The van der Waals surface area contributed by atoms with Gasteiger partial charge >= 0.3 is 0 Å². The van der Waals surface area contributed by atoms with Gasteiger partial charge in [0.05, 0.1) is 12.2 Å². The first-order valence-corrected chi connectivity index (χ1v) is 6.60. The average Bonchev–Trinajstić information content (AvgIpc) is 2.48. The van der Waals surface area contributed by atoms with Crippen LogP contribution in [0.5, 0.6) is 0 Å². The summed E-state index contributed by atoms with van der Waals surface area (Å²) < 4.78 is 13.5. The summed E-state index contributed by atoms with van der Waals surface area (Å²) in [5.41, 5.74) is 1.52. The first kappa shape index (κ1) is 15.0. The minimum atomic E-state index is -0.547. The number of aliphatic hydroxyl groups excluding tert-OH is 1. The molecular formula is C16H17FN2O2. The van der Waals surface area contributed by atoms with Crippen molar-refractivity contribution in [2.45, 2.75) is 0 Å². The van der Waals surface area contributed by atoms with Gasteiger partial charge in [0.15, 0.2) is 0 Å². The highest BCUT2D eigenvalue weighted by Crippen LogP contribution is 2.17. The number of amides is 1. The summed E-state index contributed by atoms with van der Waals surface area (Å²) in [4.78, 5) is 13.9. The molecule has 1 amide bonds. The number of aliphatic hydroxyl groups is 1. The van der Waals surface area contributed by atoms with Crippen LogP contribution in [0.4, 0.5) is 15.8 Å². The number of nitrogens with one attached hydrogen (secondary N) is 1. The zero-order valence-corrected chi connectivity index (χ0v) is 11.7. The molecule has 0 radical (unpaired) electrons. The van der Waals surface area contributed by atoms with Gasteiger partial charge in [-0.3, -0.25) is 4.79 Å². The standard InChI is InChI=1S/C16H17FN2O2/c1-19(10-11-20)13-8-6-12(7-9-13)18-16(21)14-4-2-3-5-15(14)17/h2-9,20H,10-11H2,1H3,(H,18,21). The van der Waals surface area contributed by atoms with E-state index < -0.39 is 11.7 Å². The Balaban J connectivity index is 2.07. The molecule has 0 saturated heterocycles. The Labute approximate surface area is 122 Å². The van der Waals surface area contributed by atoms with Gasteiger partial charge in [0.2, 0.25) is 0 Å². The molecule has 2 aromatic carbocycles. The quantitative estimate of drug-likeness (QED) is 0.889. The highest BCUT2D eigenvalue weighted by atomic mass is 19.1. The number of benzene rings is 2. The molecule has 0 aliphatic rings. The van der Waals surface area contributed by atoms with Crippen LogP contribution in [-0.4, -0.2) is 31.2 Å². The first-order valence-electron chi connectivity index (χ1n) is 6.60. The molecule has 2 N–H and O–H groups in total. The third-order valence-corrected chi connectivity index (χ3v) is 3.12. The van der Waals surface area contributed by atoms with Crippen LogP contribution in [0.3, 0.4) is 0 Å². The van der Waals surface area contributed by atoms with Gasteiger partial charge in [0.1, 0.15) is 5.82 Å². The van der Waals surface area contributed by atoms with Crippen LogP contribution in [-0.2, 0) is 0 Å². The largest absolute Gasteiger partial charge is 0.395 e. The molecule has 2 rings (SSSR count). The van der Waals surface area contributed by atoms with Gasteiger partial charge < -0.3 is 15.3 Å². The molecule has 0 atom stereocenters. The second kappa shape index (κ2) is 6.85. The normalized spacial score (nSPS) is 10.2. The third-order valence-electron chi connectivity index (χ3n) is 3.12. The predicted octanol–water partition coefficient (Wildman–Crippen LogP) is 2.51. The van der Waals surface area contributed by atoms with Crippen molar-refractivity contribution in [2.24, 2.45) is 0 Å². The van der Waals surface area contributed by atoms with E-state index in [0.717, 1.165) is 5.69 Å². The summed E-state index contributed by atoms with van der Waals surface area (Å²) in [6.45, 7) is 0.600. The van der Waals surface area contributed by atoms with E-state index in [1.54, 1.807) is 18.2 Å². The van der Waals surface area contributed by atoms with Gasteiger partial charge in [-0.2, -0.15) is 0 Å². The molecule has 0 unspecified atom stereocenters. The molecule has 0 heterocycles. The number of nitrogens with zero attached hydrogens (tertiary/aromatic N) is 1. The molecule has 0 fully saturated rings. The zero-order chi connectivity index (χ0) is 15.2. The van der Waals surface area contributed by atoms with E-state index in [4.69, 9.17) is 5.11 Å². The van der Waals surface area contributed by atoms with Gasteiger partial charge in [-0.15, -0.1) is 0 Å². The maximum atomic E-state index is 13.5. The van der Waals surface area contributed by atoms with E-state index in [1.807, 2.05) is 24.1 Å². The van der Waals surface area contributed by atoms with Crippen molar-refractivity contribution in [1.29, 1.82) is 0 Å². The summed E-state index contributed by atoms with van der Waals surface area (Å²) in [6, 6.07) is 13.0. The Kier molecular flexibility index (Phi) is 4.90. The molecule has 0 spiro atoms. The predicted molar refractivity (Wildman–Crippen MR) is 81.2 cm³/mol. The van der Waals surface area contributed by atoms with Gasteiger partial charge in [-0.1, -0.05) is 12.1 Å². The minimum absolute atomic E-state index is 0.0129. The van der Waals surface area contributed by atoms with Crippen LogP contribution >= 0.6 is 0 Å². The molecule has 0 aromatic heterocycles. The van der Waals surface area contributed by atoms with Crippen LogP contribution in [0.25, 0.3) is 0 Å². The average molecular weight is 288 g/mol. The Hall–Kier alpha value is -2.40. The van der Waals surface area contributed by atoms with Gasteiger partial charge in [-0.05, 0) is 36.4 Å².